The summed E-state index contributed by atoms with van der Waals surface area (Å²) in [5.41, 5.74) is 0.119. The van der Waals surface area contributed by atoms with Crippen LogP contribution in [0.15, 0.2) is 6.07 Å². The minimum atomic E-state index is -2.62. The van der Waals surface area contributed by atoms with Crippen molar-refractivity contribution in [2.45, 2.75) is 64.1 Å². The maximum absolute atomic E-state index is 13.1. The number of aromatic nitrogens is 2. The van der Waals surface area contributed by atoms with Gasteiger partial charge in [-0.3, -0.25) is 9.48 Å². The van der Waals surface area contributed by atoms with Crippen LogP contribution in [0.2, 0.25) is 0 Å². The average Bonchev–Trinajstić information content (AvgIpc) is 2.87. The number of alkyl halides is 2. The second-order valence-corrected chi connectivity index (χ2v) is 7.31. The van der Waals surface area contributed by atoms with E-state index in [4.69, 9.17) is 0 Å². The Morgan fingerprint density at radius 2 is 2.17 bits per heavy atom. The van der Waals surface area contributed by atoms with Crippen molar-refractivity contribution >= 4 is 5.91 Å². The zero-order valence-corrected chi connectivity index (χ0v) is 14.6. The van der Waals surface area contributed by atoms with Crippen LogP contribution in [0.5, 0.6) is 0 Å². The highest BCUT2D eigenvalue weighted by Crippen LogP contribution is 2.38. The largest absolute Gasteiger partial charge is 0.334 e. The van der Waals surface area contributed by atoms with Gasteiger partial charge >= 0.3 is 0 Å². The normalized spacial score (nSPS) is 28.2. The van der Waals surface area contributed by atoms with Crippen molar-refractivity contribution in [3.05, 3.63) is 17.5 Å². The Labute approximate surface area is 141 Å². The van der Waals surface area contributed by atoms with Crippen molar-refractivity contribution in [1.82, 2.24) is 19.6 Å². The summed E-state index contributed by atoms with van der Waals surface area (Å²) in [6.45, 7) is 5.45. The highest BCUT2D eigenvalue weighted by molar-refractivity contribution is 5.77. The number of piperidine rings is 2. The lowest BCUT2D eigenvalue weighted by molar-refractivity contribution is -0.147. The number of amides is 1. The molecule has 2 aliphatic heterocycles. The van der Waals surface area contributed by atoms with Gasteiger partial charge in [0.2, 0.25) is 5.91 Å². The molecule has 2 fully saturated rings. The van der Waals surface area contributed by atoms with Crippen LogP contribution >= 0.6 is 0 Å². The van der Waals surface area contributed by atoms with Crippen molar-refractivity contribution in [3.8, 4) is 0 Å². The molecular weight excluding hydrogens is 314 g/mol. The Kier molecular flexibility index (Phi) is 4.64. The Bertz CT molecular complexity index is 618. The van der Waals surface area contributed by atoms with Crippen LogP contribution in [0.25, 0.3) is 0 Å². The lowest BCUT2D eigenvalue weighted by Gasteiger charge is -2.56. The van der Waals surface area contributed by atoms with Crippen molar-refractivity contribution in [3.63, 3.8) is 0 Å². The van der Waals surface area contributed by atoms with E-state index in [0.29, 0.717) is 18.3 Å². The maximum Gasteiger partial charge on any atom is 0.280 e. The number of hydrogen-bond acceptors (Lipinski definition) is 3. The Hall–Kier alpha value is -1.50. The first-order valence-electron chi connectivity index (χ1n) is 8.66. The third kappa shape index (κ3) is 2.94. The highest BCUT2D eigenvalue weighted by atomic mass is 19.3. The van der Waals surface area contributed by atoms with Crippen molar-refractivity contribution < 1.29 is 13.6 Å². The molecule has 0 aliphatic carbocycles. The minimum absolute atomic E-state index is 0.109. The summed E-state index contributed by atoms with van der Waals surface area (Å²) in [5.74, 6) is -0.109. The molecule has 3 rings (SSSR count). The van der Waals surface area contributed by atoms with Crippen molar-refractivity contribution in [2.75, 3.05) is 20.1 Å². The number of carbonyl (C=O) groups is 1. The Balaban J connectivity index is 1.82. The van der Waals surface area contributed by atoms with Crippen LogP contribution in [0, 0.1) is 6.92 Å². The van der Waals surface area contributed by atoms with Crippen molar-refractivity contribution in [2.24, 2.45) is 0 Å². The van der Waals surface area contributed by atoms with Gasteiger partial charge in [-0.05, 0) is 59.2 Å². The van der Waals surface area contributed by atoms with E-state index in [0.717, 1.165) is 32.2 Å². The molecule has 0 saturated carbocycles. The first-order chi connectivity index (χ1) is 11.3. The van der Waals surface area contributed by atoms with Gasteiger partial charge < -0.3 is 9.80 Å². The lowest BCUT2D eigenvalue weighted by atomic mass is 9.76. The summed E-state index contributed by atoms with van der Waals surface area (Å²) < 4.78 is 27.4. The summed E-state index contributed by atoms with van der Waals surface area (Å²) in [6.07, 6.45) is 1.43. The summed E-state index contributed by atoms with van der Waals surface area (Å²) in [6, 6.07) is 1.70. The van der Waals surface area contributed by atoms with E-state index in [1.807, 2.05) is 4.90 Å². The number of carbonyl (C=O) groups excluding carboxylic acids is 1. The fraction of sp³-hybridized carbons (Fsp3) is 0.765. The van der Waals surface area contributed by atoms with Gasteiger partial charge in [-0.25, -0.2) is 8.78 Å². The quantitative estimate of drug-likeness (QED) is 0.849. The topological polar surface area (TPSA) is 41.4 Å². The maximum atomic E-state index is 13.1. The van der Waals surface area contributed by atoms with E-state index in [1.54, 1.807) is 6.92 Å². The number of likely N-dealkylation sites (tertiary alicyclic amines) is 2. The second-order valence-electron chi connectivity index (χ2n) is 7.31. The molecular formula is C17H26F2N4O. The molecule has 0 radical (unpaired) electrons. The molecule has 1 aromatic heterocycles. The number of fused-ring (bicyclic) bond motifs is 1. The van der Waals surface area contributed by atoms with Gasteiger partial charge in [0, 0.05) is 12.6 Å². The van der Waals surface area contributed by atoms with Crippen molar-refractivity contribution in [1.29, 1.82) is 0 Å². The molecule has 0 unspecified atom stereocenters. The summed E-state index contributed by atoms with van der Waals surface area (Å²) >= 11 is 0. The molecule has 1 amide bonds. The summed E-state index contributed by atoms with van der Waals surface area (Å²) in [4.78, 5) is 17.2. The first kappa shape index (κ1) is 17.3. The first-order valence-corrected chi connectivity index (χ1v) is 8.66. The Morgan fingerprint density at radius 1 is 1.42 bits per heavy atom. The van der Waals surface area contributed by atoms with Gasteiger partial charge in [0.15, 0.2) is 0 Å². The standard InChI is InChI=1S/C17H26F2N4O/c1-12-10-13(16(18)19)23(20-12)11-15(24)22-9-4-6-14-17(22,2)7-5-8-21(14)3/h10,14,16H,4-9,11H2,1-3H3/t14-,17-/m0/s1. The van der Waals surface area contributed by atoms with Gasteiger partial charge in [0.05, 0.1) is 11.2 Å². The predicted octanol–water partition coefficient (Wildman–Crippen LogP) is 2.60. The van der Waals surface area contributed by atoms with Crippen LogP contribution in [-0.2, 0) is 11.3 Å². The number of aryl methyl sites for hydroxylation is 1. The van der Waals surface area contributed by atoms with E-state index in [-0.39, 0.29) is 23.7 Å². The predicted molar refractivity (Wildman–Crippen MR) is 86.9 cm³/mol. The fourth-order valence-corrected chi connectivity index (χ4v) is 4.52. The molecule has 0 N–H and O–H groups in total. The molecule has 24 heavy (non-hydrogen) atoms. The third-order valence-corrected chi connectivity index (χ3v) is 5.66. The number of halogens is 2. The molecule has 0 spiro atoms. The molecule has 5 nitrogen and oxygen atoms in total. The number of likely N-dealkylation sites (N-methyl/N-ethyl adjacent to an activating group) is 1. The molecule has 7 heteroatoms. The van der Waals surface area contributed by atoms with E-state index < -0.39 is 6.43 Å². The fourth-order valence-electron chi connectivity index (χ4n) is 4.52. The summed E-state index contributed by atoms with van der Waals surface area (Å²) in [7, 11) is 2.11. The molecule has 1 aromatic rings. The second kappa shape index (κ2) is 6.43. The number of hydrogen-bond donors (Lipinski definition) is 0. The molecule has 0 bridgehead atoms. The Morgan fingerprint density at radius 3 is 2.88 bits per heavy atom. The van der Waals surface area contributed by atoms with Crippen LogP contribution < -0.4 is 0 Å². The molecule has 0 aromatic carbocycles. The zero-order chi connectivity index (χ0) is 17.5. The van der Waals surface area contributed by atoms with Gasteiger partial charge in [-0.15, -0.1) is 0 Å². The molecule has 3 heterocycles. The molecule has 2 atom stereocenters. The summed E-state index contributed by atoms with van der Waals surface area (Å²) in [5, 5.41) is 4.09. The van der Waals surface area contributed by atoms with Gasteiger partial charge in [0.25, 0.3) is 6.43 Å². The van der Waals surface area contributed by atoms with Crippen LogP contribution in [0.3, 0.4) is 0 Å². The average molecular weight is 340 g/mol. The molecule has 134 valence electrons. The zero-order valence-electron chi connectivity index (χ0n) is 14.6. The van der Waals surface area contributed by atoms with Gasteiger partial charge in [-0.1, -0.05) is 0 Å². The van der Waals surface area contributed by atoms with Gasteiger partial charge in [0.1, 0.15) is 12.2 Å². The third-order valence-electron chi connectivity index (χ3n) is 5.66. The van der Waals surface area contributed by atoms with Crippen LogP contribution in [0.4, 0.5) is 8.78 Å². The smallest absolute Gasteiger partial charge is 0.280 e. The van der Waals surface area contributed by atoms with Crippen LogP contribution in [-0.4, -0.2) is 57.2 Å². The van der Waals surface area contributed by atoms with E-state index in [2.05, 4.69) is 24.0 Å². The van der Waals surface area contributed by atoms with E-state index in [9.17, 15) is 13.6 Å². The molecule has 2 saturated heterocycles. The van der Waals surface area contributed by atoms with E-state index >= 15 is 0 Å². The SMILES string of the molecule is Cc1cc(C(F)F)n(CC(=O)N2CCC[C@@H]3N(C)CCC[C@@]32C)n1. The number of nitrogens with zero attached hydrogens (tertiary/aromatic N) is 4. The minimum Gasteiger partial charge on any atom is -0.334 e. The van der Waals surface area contributed by atoms with Gasteiger partial charge in [-0.2, -0.15) is 5.10 Å². The van der Waals surface area contributed by atoms with E-state index in [1.165, 1.54) is 10.7 Å². The molecule has 2 aliphatic rings. The van der Waals surface area contributed by atoms with Crippen LogP contribution in [0.1, 0.15) is 50.4 Å². The monoisotopic (exact) mass is 340 g/mol. The number of rotatable bonds is 3. The lowest BCUT2D eigenvalue weighted by Crippen LogP contribution is -2.67. The highest BCUT2D eigenvalue weighted by Gasteiger charge is 2.47.